The number of aliphatic imine (C=N–C) groups is 1. The number of amidine groups is 1. The van der Waals surface area contributed by atoms with Crippen LogP contribution in [0.2, 0.25) is 0 Å². The lowest BCUT2D eigenvalue weighted by Gasteiger charge is -2.28. The summed E-state index contributed by atoms with van der Waals surface area (Å²) in [5, 5.41) is 18.9. The Labute approximate surface area is 172 Å². The third-order valence-corrected chi connectivity index (χ3v) is 5.54. The summed E-state index contributed by atoms with van der Waals surface area (Å²) in [7, 11) is -3.82. The number of alkyl halides is 3. The predicted octanol–water partition coefficient (Wildman–Crippen LogP) is 1.66. The molecule has 0 amide bonds. The molecule has 3 rings (SSSR count). The highest BCUT2D eigenvalue weighted by atomic mass is 32.2. The molecule has 11 nitrogen and oxygen atoms in total. The van der Waals surface area contributed by atoms with E-state index in [1.807, 2.05) is 0 Å². The number of nitrogens with one attached hydrogen (secondary N) is 2. The number of benzene rings is 1. The van der Waals surface area contributed by atoms with Gasteiger partial charge in [0.05, 0.1) is 17.9 Å². The molecule has 1 fully saturated rings. The molecule has 1 aromatic heterocycles. The van der Waals surface area contributed by atoms with Gasteiger partial charge in [-0.2, -0.15) is 25.9 Å². The smallest absolute Gasteiger partial charge is 0.363 e. The van der Waals surface area contributed by atoms with Crippen LogP contribution >= 0.6 is 0 Å². The molecule has 31 heavy (non-hydrogen) atoms. The Kier molecular flexibility index (Phi) is 6.73. The lowest BCUT2D eigenvalue weighted by molar-refractivity contribution is -0.139. The minimum absolute atomic E-state index is 0.0677. The maximum absolute atomic E-state index is 13.4. The van der Waals surface area contributed by atoms with E-state index in [0.29, 0.717) is 25.2 Å². The molecule has 16 heteroatoms. The van der Waals surface area contributed by atoms with Crippen molar-refractivity contribution in [1.29, 1.82) is 0 Å². The van der Waals surface area contributed by atoms with Crippen molar-refractivity contribution >= 4 is 27.6 Å². The van der Waals surface area contributed by atoms with Gasteiger partial charge in [-0.25, -0.2) is 14.0 Å². The normalized spacial score (nSPS) is 15.6. The molecule has 0 unspecified atom stereocenters. The molecule has 0 bridgehead atoms. The number of aromatic nitrogens is 2. The number of hydrogen-bond donors (Lipinski definition) is 3. The van der Waals surface area contributed by atoms with Crippen LogP contribution in [0.25, 0.3) is 0 Å². The SMILES string of the molecule is O=S(=O)(OCCNc1nonc1C(=Nc1ccc(F)c(C(F)(F)F)c1)NO)N1CCC1. The van der Waals surface area contributed by atoms with Crippen molar-refractivity contribution in [2.45, 2.75) is 12.6 Å². The second-order valence-corrected chi connectivity index (χ2v) is 7.76. The molecule has 1 saturated heterocycles. The van der Waals surface area contributed by atoms with E-state index in [0.717, 1.165) is 16.8 Å². The molecule has 0 aliphatic carbocycles. The Balaban J connectivity index is 1.70. The van der Waals surface area contributed by atoms with E-state index in [1.165, 1.54) is 0 Å². The van der Waals surface area contributed by atoms with Crippen LogP contribution in [0.3, 0.4) is 0 Å². The van der Waals surface area contributed by atoms with E-state index in [1.54, 1.807) is 5.48 Å². The van der Waals surface area contributed by atoms with E-state index in [4.69, 9.17) is 4.18 Å². The third kappa shape index (κ3) is 5.46. The zero-order valence-corrected chi connectivity index (χ0v) is 16.4. The van der Waals surface area contributed by atoms with Crippen LogP contribution in [0.15, 0.2) is 27.8 Å². The number of anilines is 1. The molecular weight excluding hydrogens is 452 g/mol. The highest BCUT2D eigenvalue weighted by Gasteiger charge is 2.34. The molecule has 1 aliphatic rings. The summed E-state index contributed by atoms with van der Waals surface area (Å²) in [4.78, 5) is 3.76. The molecule has 0 atom stereocenters. The van der Waals surface area contributed by atoms with E-state index < -0.39 is 33.7 Å². The average molecular weight is 468 g/mol. The van der Waals surface area contributed by atoms with E-state index >= 15 is 0 Å². The summed E-state index contributed by atoms with van der Waals surface area (Å²) in [5.74, 6) is -2.05. The quantitative estimate of drug-likeness (QED) is 0.173. The lowest BCUT2D eigenvalue weighted by Crippen LogP contribution is -2.43. The van der Waals surface area contributed by atoms with Crippen LogP contribution < -0.4 is 10.8 Å². The standard InChI is InChI=1S/C15H16F4N6O5S/c16-11-3-2-9(8-10(11)15(17,18)19)21-14(22-26)12-13(24-30-23-12)20-4-7-29-31(27,28)25-5-1-6-25/h2-3,8,26H,1,4-7H2,(H,20,24)(H,21,22). The van der Waals surface area contributed by atoms with Crippen molar-refractivity contribution in [3.8, 4) is 0 Å². The fourth-order valence-electron chi connectivity index (χ4n) is 2.42. The first-order chi connectivity index (χ1) is 14.6. The van der Waals surface area contributed by atoms with Crippen LogP contribution in [-0.2, 0) is 20.7 Å². The van der Waals surface area contributed by atoms with Crippen LogP contribution in [0.5, 0.6) is 0 Å². The van der Waals surface area contributed by atoms with Crippen molar-refractivity contribution in [3.05, 3.63) is 35.3 Å². The van der Waals surface area contributed by atoms with Gasteiger partial charge in [-0.15, -0.1) is 0 Å². The molecule has 0 saturated carbocycles. The molecule has 0 spiro atoms. The molecule has 2 aromatic rings. The first kappa shape index (κ1) is 22.9. The van der Waals surface area contributed by atoms with Gasteiger partial charge in [0, 0.05) is 19.6 Å². The second-order valence-electron chi connectivity index (χ2n) is 6.15. The van der Waals surface area contributed by atoms with Gasteiger partial charge in [0.1, 0.15) is 5.82 Å². The van der Waals surface area contributed by atoms with Crippen molar-refractivity contribution in [1.82, 2.24) is 20.1 Å². The molecule has 1 aromatic carbocycles. The van der Waals surface area contributed by atoms with Crippen LogP contribution in [0.4, 0.5) is 29.1 Å². The van der Waals surface area contributed by atoms with Gasteiger partial charge in [0.15, 0.2) is 11.5 Å². The minimum Gasteiger partial charge on any atom is -0.363 e. The predicted molar refractivity (Wildman–Crippen MR) is 96.4 cm³/mol. The van der Waals surface area contributed by atoms with Gasteiger partial charge in [0.2, 0.25) is 5.82 Å². The molecule has 3 N–H and O–H groups in total. The van der Waals surface area contributed by atoms with Crippen LogP contribution in [0.1, 0.15) is 17.7 Å². The lowest BCUT2D eigenvalue weighted by atomic mass is 10.2. The fourth-order valence-corrected chi connectivity index (χ4v) is 3.57. The fraction of sp³-hybridized carbons (Fsp3) is 0.400. The Hall–Kier alpha value is -2.82. The summed E-state index contributed by atoms with van der Waals surface area (Å²) in [6, 6.07) is 1.98. The number of nitrogens with zero attached hydrogens (tertiary/aromatic N) is 4. The van der Waals surface area contributed by atoms with Gasteiger partial charge in [0.25, 0.3) is 0 Å². The maximum atomic E-state index is 13.4. The molecule has 1 aliphatic heterocycles. The Morgan fingerprint density at radius 2 is 2.06 bits per heavy atom. The van der Waals surface area contributed by atoms with Gasteiger partial charge >= 0.3 is 16.5 Å². The molecule has 0 radical (unpaired) electrons. The van der Waals surface area contributed by atoms with Crippen molar-refractivity contribution in [2.75, 3.05) is 31.6 Å². The monoisotopic (exact) mass is 468 g/mol. The van der Waals surface area contributed by atoms with Gasteiger partial charge in [-0.1, -0.05) is 0 Å². The maximum Gasteiger partial charge on any atom is 0.419 e. The van der Waals surface area contributed by atoms with E-state index in [9.17, 15) is 31.2 Å². The van der Waals surface area contributed by atoms with Crippen LogP contribution in [0, 0.1) is 5.82 Å². The van der Waals surface area contributed by atoms with Crippen molar-refractivity contribution < 1.29 is 40.0 Å². The zero-order chi connectivity index (χ0) is 22.6. The van der Waals surface area contributed by atoms with Crippen molar-refractivity contribution in [2.24, 2.45) is 4.99 Å². The summed E-state index contributed by atoms with van der Waals surface area (Å²) in [6.07, 6.45) is -4.19. The summed E-state index contributed by atoms with van der Waals surface area (Å²) in [6.45, 7) is 0.432. The van der Waals surface area contributed by atoms with Crippen molar-refractivity contribution in [3.63, 3.8) is 0 Å². The van der Waals surface area contributed by atoms with Gasteiger partial charge in [-0.05, 0) is 34.9 Å². The van der Waals surface area contributed by atoms with Crippen LogP contribution in [-0.4, -0.2) is 60.3 Å². The van der Waals surface area contributed by atoms with E-state index in [2.05, 4.69) is 25.3 Å². The highest BCUT2D eigenvalue weighted by molar-refractivity contribution is 7.84. The first-order valence-electron chi connectivity index (χ1n) is 8.68. The number of halogens is 4. The van der Waals surface area contributed by atoms with Gasteiger partial charge in [-0.3, -0.25) is 14.9 Å². The molecule has 2 heterocycles. The molecule has 170 valence electrons. The number of hydrogen-bond acceptors (Lipinski definition) is 9. The number of rotatable bonds is 8. The minimum atomic E-state index is -4.94. The Morgan fingerprint density at radius 1 is 1.32 bits per heavy atom. The highest BCUT2D eigenvalue weighted by Crippen LogP contribution is 2.33. The van der Waals surface area contributed by atoms with Gasteiger partial charge < -0.3 is 5.32 Å². The second kappa shape index (κ2) is 9.13. The average Bonchev–Trinajstić information content (AvgIpc) is 3.10. The number of hydroxylamine groups is 1. The first-order valence-corrected chi connectivity index (χ1v) is 10.0. The zero-order valence-electron chi connectivity index (χ0n) is 15.6. The summed E-state index contributed by atoms with van der Waals surface area (Å²) < 4.78 is 86.1. The summed E-state index contributed by atoms with van der Waals surface area (Å²) >= 11 is 0. The van der Waals surface area contributed by atoms with E-state index in [-0.39, 0.29) is 30.4 Å². The third-order valence-electron chi connectivity index (χ3n) is 4.07. The topological polar surface area (TPSA) is 142 Å². The Bertz CT molecular complexity index is 1050. The Morgan fingerprint density at radius 3 is 2.68 bits per heavy atom. The molecular formula is C15H16F4N6O5S. The largest absolute Gasteiger partial charge is 0.419 e. The summed E-state index contributed by atoms with van der Waals surface area (Å²) in [5.41, 5.74) is -0.464.